The second kappa shape index (κ2) is 10.2. The maximum Gasteiger partial charge on any atom is 0.290 e. The van der Waals surface area contributed by atoms with Crippen LogP contribution in [-0.2, 0) is 9.59 Å². The predicted molar refractivity (Wildman–Crippen MR) is 119 cm³/mol. The van der Waals surface area contributed by atoms with Gasteiger partial charge in [0.15, 0.2) is 0 Å². The standard InChI is InChI=1S/C24H28N2O.CH2O2/c1-18-9-6-7-13-22(18)24-23-17-25(15-21(23)16-26(24)19(2)27)14-8-12-20-10-4-3-5-11-20;2-1-3/h3-13,21,23-24H,14-17H2,1-2H3;1H,(H,2,3)/b12-8+;/t21-,23-,24-;/m1./s1. The fraction of sp³-hybridized carbons (Fsp3) is 0.360. The van der Waals surface area contributed by atoms with Crippen LogP contribution in [0.3, 0.4) is 0 Å². The summed E-state index contributed by atoms with van der Waals surface area (Å²) in [6.07, 6.45) is 4.47. The maximum atomic E-state index is 12.3. The fourth-order valence-corrected chi connectivity index (χ4v) is 4.83. The van der Waals surface area contributed by atoms with E-state index in [4.69, 9.17) is 9.90 Å². The molecule has 1 N–H and O–H groups in total. The molecule has 30 heavy (non-hydrogen) atoms. The third kappa shape index (κ3) is 4.97. The van der Waals surface area contributed by atoms with Crippen molar-refractivity contribution in [2.45, 2.75) is 19.9 Å². The molecular weight excluding hydrogens is 376 g/mol. The highest BCUT2D eigenvalue weighted by molar-refractivity contribution is 5.74. The molecule has 0 radical (unpaired) electrons. The minimum atomic E-state index is -0.250. The average Bonchev–Trinajstić information content (AvgIpc) is 3.28. The van der Waals surface area contributed by atoms with Crippen LogP contribution in [0.2, 0.25) is 0 Å². The molecule has 1 amide bonds. The topological polar surface area (TPSA) is 60.9 Å². The van der Waals surface area contributed by atoms with Gasteiger partial charge in [-0.3, -0.25) is 14.5 Å². The Kier molecular flexibility index (Phi) is 7.41. The minimum absolute atomic E-state index is 0.202. The molecule has 2 saturated heterocycles. The van der Waals surface area contributed by atoms with Crippen molar-refractivity contribution in [2.75, 3.05) is 26.2 Å². The Morgan fingerprint density at radius 1 is 1.07 bits per heavy atom. The molecule has 0 bridgehead atoms. The number of carbonyl (C=O) groups is 2. The van der Waals surface area contributed by atoms with Crippen LogP contribution in [-0.4, -0.2) is 53.5 Å². The Hall–Kier alpha value is -2.92. The third-order valence-corrected chi connectivity index (χ3v) is 6.12. The van der Waals surface area contributed by atoms with Crippen molar-refractivity contribution in [3.05, 3.63) is 77.4 Å². The van der Waals surface area contributed by atoms with Crippen molar-refractivity contribution < 1.29 is 14.7 Å². The van der Waals surface area contributed by atoms with E-state index in [1.165, 1.54) is 16.7 Å². The first kappa shape index (κ1) is 21.8. The molecule has 2 fully saturated rings. The van der Waals surface area contributed by atoms with E-state index in [0.717, 1.165) is 26.2 Å². The van der Waals surface area contributed by atoms with Gasteiger partial charge in [0.25, 0.3) is 6.47 Å². The van der Waals surface area contributed by atoms with Crippen molar-refractivity contribution in [3.8, 4) is 0 Å². The Labute approximate surface area is 178 Å². The molecule has 0 aliphatic carbocycles. The molecule has 0 unspecified atom stereocenters. The van der Waals surface area contributed by atoms with Gasteiger partial charge in [-0.2, -0.15) is 0 Å². The quantitative estimate of drug-likeness (QED) is 0.784. The van der Waals surface area contributed by atoms with E-state index >= 15 is 0 Å². The SMILES string of the molecule is CC(=O)N1C[C@H]2CN(C/C=C/c3ccccc3)C[C@H]2[C@H]1c1ccccc1C.O=CO. The highest BCUT2D eigenvalue weighted by Crippen LogP contribution is 2.45. The highest BCUT2D eigenvalue weighted by atomic mass is 16.3. The van der Waals surface area contributed by atoms with Crippen LogP contribution in [0.5, 0.6) is 0 Å². The van der Waals surface area contributed by atoms with Crippen LogP contribution in [0, 0.1) is 18.8 Å². The average molecular weight is 407 g/mol. The van der Waals surface area contributed by atoms with Crippen molar-refractivity contribution in [2.24, 2.45) is 11.8 Å². The molecule has 158 valence electrons. The zero-order chi connectivity index (χ0) is 21.5. The van der Waals surface area contributed by atoms with Crippen LogP contribution in [0.1, 0.15) is 29.7 Å². The number of fused-ring (bicyclic) bond motifs is 1. The summed E-state index contributed by atoms with van der Waals surface area (Å²) in [6.45, 7) is 7.63. The molecule has 4 rings (SSSR count). The number of benzene rings is 2. The van der Waals surface area contributed by atoms with Gasteiger partial charge in [0.1, 0.15) is 0 Å². The van der Waals surface area contributed by atoms with Gasteiger partial charge in [-0.1, -0.05) is 66.7 Å². The summed E-state index contributed by atoms with van der Waals surface area (Å²) < 4.78 is 0. The van der Waals surface area contributed by atoms with E-state index in [-0.39, 0.29) is 18.4 Å². The summed E-state index contributed by atoms with van der Waals surface area (Å²) in [7, 11) is 0. The number of carboxylic acid groups (broad SMARTS) is 1. The lowest BCUT2D eigenvalue weighted by Crippen LogP contribution is -2.34. The first-order chi connectivity index (χ1) is 14.5. The monoisotopic (exact) mass is 406 g/mol. The van der Waals surface area contributed by atoms with Crippen LogP contribution in [0.25, 0.3) is 6.08 Å². The summed E-state index contributed by atoms with van der Waals surface area (Å²) in [5, 5.41) is 6.89. The van der Waals surface area contributed by atoms with Gasteiger partial charge in [-0.25, -0.2) is 0 Å². The Bertz CT molecular complexity index is 881. The molecule has 3 atom stereocenters. The number of hydrogen-bond donors (Lipinski definition) is 1. The molecular formula is C25H30N2O3. The fourth-order valence-electron chi connectivity index (χ4n) is 4.83. The van der Waals surface area contributed by atoms with Crippen molar-refractivity contribution in [1.82, 2.24) is 9.80 Å². The predicted octanol–water partition coefficient (Wildman–Crippen LogP) is 3.86. The molecule has 2 aliphatic rings. The van der Waals surface area contributed by atoms with E-state index in [0.29, 0.717) is 11.8 Å². The van der Waals surface area contributed by atoms with E-state index in [1.54, 1.807) is 6.92 Å². The molecule has 0 aromatic heterocycles. The molecule has 0 spiro atoms. The summed E-state index contributed by atoms with van der Waals surface area (Å²) >= 11 is 0. The summed E-state index contributed by atoms with van der Waals surface area (Å²) in [6, 6.07) is 19.2. The number of aryl methyl sites for hydroxylation is 1. The molecule has 2 aromatic carbocycles. The Balaban J connectivity index is 0.000000806. The maximum absolute atomic E-state index is 12.3. The van der Waals surface area contributed by atoms with E-state index in [2.05, 4.69) is 77.4 Å². The Morgan fingerprint density at radius 3 is 2.40 bits per heavy atom. The van der Waals surface area contributed by atoms with Gasteiger partial charge in [0.2, 0.25) is 5.91 Å². The van der Waals surface area contributed by atoms with Crippen LogP contribution in [0.4, 0.5) is 0 Å². The first-order valence-corrected chi connectivity index (χ1v) is 10.4. The molecule has 2 heterocycles. The molecule has 2 aliphatic heterocycles. The van der Waals surface area contributed by atoms with E-state index in [1.807, 2.05) is 6.07 Å². The third-order valence-electron chi connectivity index (χ3n) is 6.12. The van der Waals surface area contributed by atoms with Crippen LogP contribution in [0.15, 0.2) is 60.7 Å². The molecule has 5 heteroatoms. The van der Waals surface area contributed by atoms with Gasteiger partial charge >= 0.3 is 0 Å². The van der Waals surface area contributed by atoms with Crippen molar-refractivity contribution >= 4 is 18.5 Å². The number of carbonyl (C=O) groups excluding carboxylic acids is 1. The molecule has 5 nitrogen and oxygen atoms in total. The van der Waals surface area contributed by atoms with Gasteiger partial charge < -0.3 is 10.0 Å². The number of nitrogens with zero attached hydrogens (tertiary/aromatic N) is 2. The number of rotatable bonds is 4. The van der Waals surface area contributed by atoms with E-state index in [9.17, 15) is 4.79 Å². The minimum Gasteiger partial charge on any atom is -0.483 e. The zero-order valence-corrected chi connectivity index (χ0v) is 17.6. The summed E-state index contributed by atoms with van der Waals surface area (Å²) in [5.41, 5.74) is 3.86. The van der Waals surface area contributed by atoms with Gasteiger partial charge in [-0.15, -0.1) is 0 Å². The lowest BCUT2D eigenvalue weighted by molar-refractivity contribution is -0.130. The van der Waals surface area contributed by atoms with Crippen LogP contribution >= 0.6 is 0 Å². The Morgan fingerprint density at radius 2 is 1.73 bits per heavy atom. The summed E-state index contributed by atoms with van der Waals surface area (Å²) in [4.78, 5) is 25.3. The first-order valence-electron chi connectivity index (χ1n) is 10.4. The molecule has 2 aromatic rings. The molecule has 0 saturated carbocycles. The smallest absolute Gasteiger partial charge is 0.290 e. The lowest BCUT2D eigenvalue weighted by Gasteiger charge is -2.30. The number of likely N-dealkylation sites (tertiary alicyclic amines) is 2. The van der Waals surface area contributed by atoms with Gasteiger partial charge in [-0.05, 0) is 29.5 Å². The normalized spacial score (nSPS) is 23.1. The second-order valence-corrected chi connectivity index (χ2v) is 8.03. The van der Waals surface area contributed by atoms with Gasteiger partial charge in [0, 0.05) is 39.0 Å². The number of hydrogen-bond acceptors (Lipinski definition) is 3. The van der Waals surface area contributed by atoms with Gasteiger partial charge in [0.05, 0.1) is 6.04 Å². The van der Waals surface area contributed by atoms with E-state index < -0.39 is 0 Å². The largest absolute Gasteiger partial charge is 0.483 e. The van der Waals surface area contributed by atoms with Crippen molar-refractivity contribution in [3.63, 3.8) is 0 Å². The number of amides is 1. The van der Waals surface area contributed by atoms with Crippen LogP contribution < -0.4 is 0 Å². The zero-order valence-electron chi connectivity index (χ0n) is 17.6. The second-order valence-electron chi connectivity index (χ2n) is 8.03. The lowest BCUT2D eigenvalue weighted by atomic mass is 9.87. The highest BCUT2D eigenvalue weighted by Gasteiger charge is 2.48. The van der Waals surface area contributed by atoms with Crippen molar-refractivity contribution in [1.29, 1.82) is 0 Å². The summed E-state index contributed by atoms with van der Waals surface area (Å²) in [5.74, 6) is 1.30.